The van der Waals surface area contributed by atoms with Crippen molar-refractivity contribution < 1.29 is 52.5 Å². The lowest BCUT2D eigenvalue weighted by Crippen LogP contribution is -2.50. The Balaban J connectivity index is 0.000000709. The van der Waals surface area contributed by atoms with Gasteiger partial charge >= 0.3 is 0 Å². The van der Waals surface area contributed by atoms with Crippen molar-refractivity contribution in [1.82, 2.24) is 21.3 Å². The predicted octanol–water partition coefficient (Wildman–Crippen LogP) is 8.30. The minimum absolute atomic E-state index is 0.0429. The summed E-state index contributed by atoms with van der Waals surface area (Å²) in [5.41, 5.74) is 0.257. The molecule has 6 N–H and O–H groups in total. The molecule has 0 saturated heterocycles. The molecule has 0 aliphatic heterocycles. The van der Waals surface area contributed by atoms with Gasteiger partial charge in [0.2, 0.25) is 39.8 Å². The van der Waals surface area contributed by atoms with Crippen molar-refractivity contribution in [2.24, 2.45) is 0 Å². The number of aldehydes is 1. The lowest BCUT2D eigenvalue weighted by Gasteiger charge is -2.36. The Morgan fingerprint density at radius 1 is 0.684 bits per heavy atom. The average molecular weight is 1040 g/mol. The molecule has 6 rings (SSSR count). The van der Waals surface area contributed by atoms with Crippen LogP contribution in [-0.4, -0.2) is 78.5 Å². The van der Waals surface area contributed by atoms with Crippen LogP contribution in [0.25, 0.3) is 0 Å². The molecule has 2 aromatic heterocycles. The second kappa shape index (κ2) is 37.0. The maximum Gasteiger partial charge on any atom is 0.291 e. The van der Waals surface area contributed by atoms with E-state index in [-0.39, 0.29) is 68.4 Å². The van der Waals surface area contributed by atoms with E-state index < -0.39 is 34.1 Å². The van der Waals surface area contributed by atoms with E-state index in [4.69, 9.17) is 28.5 Å². The molecule has 17 nitrogen and oxygen atoms in total. The maximum atomic E-state index is 13.7. The van der Waals surface area contributed by atoms with Gasteiger partial charge in [-0.3, -0.25) is 33.6 Å². The van der Waals surface area contributed by atoms with Crippen LogP contribution in [0.15, 0.2) is 201 Å². The van der Waals surface area contributed by atoms with E-state index in [1.54, 1.807) is 50.3 Å². The van der Waals surface area contributed by atoms with Crippen molar-refractivity contribution in [3.05, 3.63) is 225 Å². The van der Waals surface area contributed by atoms with Crippen molar-refractivity contribution >= 4 is 29.9 Å². The van der Waals surface area contributed by atoms with Crippen molar-refractivity contribution in [2.45, 2.75) is 70.9 Å². The summed E-state index contributed by atoms with van der Waals surface area (Å²) < 4.78 is 21.9. The molecule has 0 radical (unpaired) electrons. The largest absolute Gasteiger partial charge is 0.516 e. The number of hydrogen-bond donors (Lipinski definition) is 6. The zero-order chi connectivity index (χ0) is 55.1. The van der Waals surface area contributed by atoms with Crippen molar-refractivity contribution in [2.75, 3.05) is 32.8 Å². The summed E-state index contributed by atoms with van der Waals surface area (Å²) in [6, 6.07) is 32.5. The first-order valence-corrected chi connectivity index (χ1v) is 24.8. The Labute approximate surface area is 442 Å². The molecule has 1 aliphatic rings. The second-order valence-electron chi connectivity index (χ2n) is 16.4. The van der Waals surface area contributed by atoms with Gasteiger partial charge in [-0.1, -0.05) is 121 Å². The van der Waals surface area contributed by atoms with Crippen LogP contribution in [-0.2, 0) is 16.2 Å². The first kappa shape index (κ1) is 61.5. The Bertz CT molecular complexity index is 2760. The average Bonchev–Trinajstić information content (AvgIpc) is 3.74. The molecular weight excluding hydrogens is 973 g/mol. The molecule has 402 valence electrons. The summed E-state index contributed by atoms with van der Waals surface area (Å²) in [6.45, 7) is 4.24. The molecule has 0 bridgehead atoms. The predicted molar refractivity (Wildman–Crippen MR) is 291 cm³/mol. The van der Waals surface area contributed by atoms with Crippen molar-refractivity contribution in [3.8, 4) is 11.5 Å². The number of allylic oxidation sites excluding steroid dienone is 6. The quantitative estimate of drug-likeness (QED) is 0.0147. The first-order chi connectivity index (χ1) is 37.0. The normalized spacial score (nSPS) is 12.1. The molecule has 0 spiro atoms. The van der Waals surface area contributed by atoms with E-state index in [2.05, 4.69) is 21.3 Å². The standard InChI is InChI=1S/C43H48N4O11.C7H8O.C6H6.C3H6O/c1-2-55-36-33(49)19-28-56-38(36)41(53)45-25-12-22-43(21-11-24-44-35(51)18-10-27-48,47-40(52)32-16-8-5-9-17-32)23-13-26-46-42(54)39-37(34(50)20-29-57-39)58-30-31-14-6-3-4-7-15-31;8-6-7-4-2-1-3-5-7;1-2-4-6-5-3-1;1-2-3-4/h3,5-10,14-20,27-29H,2,4,11-13,21-26,30H2,1H3,(H,44,51)(H,45,53)(H,46,54)(H,47,52);1-5,8H,6H2;1-6H;2-4H,1H3/b18-10+;;;3-2-. The lowest BCUT2D eigenvalue weighted by atomic mass is 9.83. The van der Waals surface area contributed by atoms with Gasteiger partial charge in [-0.05, 0) is 88.1 Å². The number of ether oxygens (including phenoxy) is 2. The molecule has 1 atom stereocenters. The van der Waals surface area contributed by atoms with E-state index in [0.29, 0.717) is 50.4 Å². The minimum atomic E-state index is -0.913. The van der Waals surface area contributed by atoms with Gasteiger partial charge in [0, 0.05) is 48.9 Å². The number of aliphatic hydroxyl groups is 2. The number of nitrogens with one attached hydrogen (secondary N) is 4. The number of rotatable bonds is 24. The zero-order valence-corrected chi connectivity index (χ0v) is 42.9. The number of amides is 4. The lowest BCUT2D eigenvalue weighted by molar-refractivity contribution is -0.116. The molecule has 17 heteroatoms. The summed E-state index contributed by atoms with van der Waals surface area (Å²) in [4.78, 5) is 88.0. The summed E-state index contributed by atoms with van der Waals surface area (Å²) in [5.74, 6) is -3.06. The van der Waals surface area contributed by atoms with E-state index >= 15 is 0 Å². The first-order valence-electron chi connectivity index (χ1n) is 24.8. The van der Waals surface area contributed by atoms with E-state index in [9.17, 15) is 33.6 Å². The number of benzene rings is 3. The van der Waals surface area contributed by atoms with Gasteiger partial charge in [0.25, 0.3) is 17.7 Å². The van der Waals surface area contributed by atoms with Crippen LogP contribution in [0.3, 0.4) is 0 Å². The van der Waals surface area contributed by atoms with Crippen LogP contribution in [0.2, 0.25) is 0 Å². The summed E-state index contributed by atoms with van der Waals surface area (Å²) in [6.07, 6.45) is 20.0. The maximum absolute atomic E-state index is 13.7. The minimum Gasteiger partial charge on any atom is -0.516 e. The van der Waals surface area contributed by atoms with Crippen LogP contribution in [0.5, 0.6) is 11.5 Å². The number of carbonyl (C=O) groups is 5. The van der Waals surface area contributed by atoms with Gasteiger partial charge < -0.3 is 49.8 Å². The third kappa shape index (κ3) is 23.8. The fourth-order valence-electron chi connectivity index (χ4n) is 7.09. The van der Waals surface area contributed by atoms with Gasteiger partial charge in [-0.25, -0.2) is 0 Å². The number of aliphatic hydroxyl groups excluding tert-OH is 2. The Morgan fingerprint density at radius 2 is 1.18 bits per heavy atom. The van der Waals surface area contributed by atoms with Gasteiger partial charge in [-0.15, -0.1) is 0 Å². The van der Waals surface area contributed by atoms with E-state index in [1.165, 1.54) is 6.07 Å². The molecule has 0 fully saturated rings. The monoisotopic (exact) mass is 1040 g/mol. The van der Waals surface area contributed by atoms with E-state index in [0.717, 1.165) is 54.6 Å². The Kier molecular flexibility index (Phi) is 29.9. The molecule has 0 saturated carbocycles. The third-order valence-corrected chi connectivity index (χ3v) is 10.8. The molecule has 1 unspecified atom stereocenters. The smallest absolute Gasteiger partial charge is 0.291 e. The van der Waals surface area contributed by atoms with Crippen LogP contribution >= 0.6 is 0 Å². The van der Waals surface area contributed by atoms with Crippen LogP contribution in [0, 0.1) is 0 Å². The molecular formula is C59H68N4O13. The summed E-state index contributed by atoms with van der Waals surface area (Å²) >= 11 is 0. The fourth-order valence-corrected chi connectivity index (χ4v) is 7.09. The van der Waals surface area contributed by atoms with Crippen molar-refractivity contribution in [3.63, 3.8) is 0 Å². The highest BCUT2D eigenvalue weighted by Crippen LogP contribution is 2.27. The molecule has 76 heavy (non-hydrogen) atoms. The van der Waals surface area contributed by atoms with Gasteiger partial charge in [0.1, 0.15) is 12.9 Å². The molecule has 2 heterocycles. The van der Waals surface area contributed by atoms with Crippen LogP contribution < -0.4 is 41.6 Å². The number of carbonyl (C=O) groups excluding carboxylic acids is 5. The molecule has 1 aliphatic carbocycles. The summed E-state index contributed by atoms with van der Waals surface area (Å²) in [7, 11) is 0. The number of hydrogen-bond acceptors (Lipinski definition) is 13. The SMILES string of the molecule is C/C=C\O.CCOc1c(C(=O)NCCCC(CCCNC(=O)/C=C/C=O)(CCCNC(=O)c2occc(=O)c2OCC2=CC=CCC=C2)NC(=O)c2ccccc2)occc1=O.OCc1ccccc1.c1ccccc1. The zero-order valence-electron chi connectivity index (χ0n) is 42.9. The van der Waals surface area contributed by atoms with Crippen molar-refractivity contribution in [1.29, 1.82) is 0 Å². The highest BCUT2D eigenvalue weighted by atomic mass is 16.5. The molecule has 4 amide bonds. The van der Waals surface area contributed by atoms with Gasteiger partial charge in [-0.2, -0.15) is 0 Å². The fraction of sp³-hybridized carbons (Fsp3) is 0.271. The van der Waals surface area contributed by atoms with Gasteiger partial charge in [0.05, 0.1) is 32.0 Å². The highest BCUT2D eigenvalue weighted by Gasteiger charge is 2.32. The Morgan fingerprint density at radius 3 is 1.67 bits per heavy atom. The highest BCUT2D eigenvalue weighted by molar-refractivity contribution is 5.95. The van der Waals surface area contributed by atoms with Crippen LogP contribution in [0.1, 0.15) is 95.8 Å². The topological polar surface area (TPSA) is 253 Å². The summed E-state index contributed by atoms with van der Waals surface area (Å²) in [5, 5.41) is 27.7. The third-order valence-electron chi connectivity index (χ3n) is 10.8. The second-order valence-corrected chi connectivity index (χ2v) is 16.4. The molecule has 5 aromatic rings. The Hall–Kier alpha value is -8.83. The van der Waals surface area contributed by atoms with E-state index in [1.807, 2.05) is 97.1 Å². The van der Waals surface area contributed by atoms with Gasteiger partial charge in [0.15, 0.2) is 0 Å². The van der Waals surface area contributed by atoms with Crippen LogP contribution in [0.4, 0.5) is 0 Å². The molecule has 3 aromatic carbocycles.